The smallest absolute Gasteiger partial charge is 0.275 e. The lowest BCUT2D eigenvalue weighted by molar-refractivity contribution is 0.102. The summed E-state index contributed by atoms with van der Waals surface area (Å²) >= 11 is 1.37. The molecule has 0 aliphatic carbocycles. The number of nitrogens with zero attached hydrogens (tertiary/aromatic N) is 1. The van der Waals surface area contributed by atoms with E-state index in [-0.39, 0.29) is 12.7 Å². The molecule has 0 unspecified atom stereocenters. The van der Waals surface area contributed by atoms with Gasteiger partial charge in [-0.1, -0.05) is 19.1 Å². The minimum absolute atomic E-state index is 0.232. The number of amides is 1. The van der Waals surface area contributed by atoms with Gasteiger partial charge in [-0.15, -0.1) is 11.3 Å². The summed E-state index contributed by atoms with van der Waals surface area (Å²) in [4.78, 5) is 16.7. The summed E-state index contributed by atoms with van der Waals surface area (Å²) in [6.07, 6.45) is 0.967. The number of thiazole rings is 1. The Kier molecular flexibility index (Phi) is 4.45. The van der Waals surface area contributed by atoms with Crippen LogP contribution in [0, 0.1) is 0 Å². The molecule has 0 radical (unpaired) electrons. The molecule has 0 atom stereocenters. The molecule has 1 aliphatic heterocycles. The summed E-state index contributed by atoms with van der Waals surface area (Å²) in [5.74, 6) is 1.19. The van der Waals surface area contributed by atoms with Crippen LogP contribution in [0.1, 0.15) is 23.0 Å². The van der Waals surface area contributed by atoms with Crippen molar-refractivity contribution in [1.29, 1.82) is 0 Å². The van der Waals surface area contributed by atoms with Crippen molar-refractivity contribution in [1.82, 2.24) is 4.98 Å². The number of carbonyl (C=O) groups excluding carboxylic acids is 1. The van der Waals surface area contributed by atoms with Crippen LogP contribution in [0.5, 0.6) is 11.5 Å². The second-order valence-electron chi connectivity index (χ2n) is 5.74. The Hall–Kier alpha value is -3.06. The number of carbonyl (C=O) groups is 1. The highest BCUT2D eigenvalue weighted by molar-refractivity contribution is 7.14. The number of hydrogen-bond acceptors (Lipinski definition) is 6. The molecular weight excluding hydrogens is 350 g/mol. The number of fused-ring (bicyclic) bond motifs is 1. The molecule has 132 valence electrons. The molecule has 0 saturated heterocycles. The molecule has 7 heteroatoms. The molecule has 1 aromatic heterocycles. The highest BCUT2D eigenvalue weighted by atomic mass is 32.1. The molecular formula is C19H17N3O3S. The topological polar surface area (TPSA) is 72.5 Å². The molecule has 0 spiro atoms. The molecule has 1 aliphatic rings. The summed E-state index contributed by atoms with van der Waals surface area (Å²) in [6, 6.07) is 13.4. The van der Waals surface area contributed by atoms with Gasteiger partial charge >= 0.3 is 0 Å². The zero-order valence-electron chi connectivity index (χ0n) is 14.1. The zero-order chi connectivity index (χ0) is 17.9. The fourth-order valence-corrected chi connectivity index (χ4v) is 3.26. The van der Waals surface area contributed by atoms with Gasteiger partial charge in [0.15, 0.2) is 16.6 Å². The van der Waals surface area contributed by atoms with E-state index in [2.05, 4.69) is 22.5 Å². The Labute approximate surface area is 154 Å². The SMILES string of the molecule is CCc1ccc(NC(=O)c2csc(Nc3ccc4c(c3)OCO4)n2)cc1. The number of anilines is 3. The van der Waals surface area contributed by atoms with Crippen molar-refractivity contribution in [3.63, 3.8) is 0 Å². The first-order valence-corrected chi connectivity index (χ1v) is 9.12. The number of benzene rings is 2. The molecule has 3 aromatic rings. The molecule has 2 heterocycles. The maximum absolute atomic E-state index is 12.4. The van der Waals surface area contributed by atoms with E-state index in [0.717, 1.165) is 23.5 Å². The number of rotatable bonds is 5. The molecule has 0 bridgehead atoms. The average Bonchev–Trinajstić information content (AvgIpc) is 3.31. The largest absolute Gasteiger partial charge is 0.454 e. The molecule has 4 rings (SSSR count). The van der Waals surface area contributed by atoms with Crippen LogP contribution in [0.2, 0.25) is 0 Å². The van der Waals surface area contributed by atoms with E-state index in [1.54, 1.807) is 5.38 Å². The predicted molar refractivity (Wildman–Crippen MR) is 102 cm³/mol. The van der Waals surface area contributed by atoms with Crippen LogP contribution < -0.4 is 20.1 Å². The van der Waals surface area contributed by atoms with Gasteiger partial charge in [0.25, 0.3) is 5.91 Å². The first-order valence-electron chi connectivity index (χ1n) is 8.24. The van der Waals surface area contributed by atoms with E-state index < -0.39 is 0 Å². The van der Waals surface area contributed by atoms with Gasteiger partial charge in [-0.25, -0.2) is 4.98 Å². The summed E-state index contributed by atoms with van der Waals surface area (Å²) in [7, 11) is 0. The van der Waals surface area contributed by atoms with E-state index in [0.29, 0.717) is 16.6 Å². The van der Waals surface area contributed by atoms with Crippen molar-refractivity contribution < 1.29 is 14.3 Å². The Morgan fingerprint density at radius 2 is 1.88 bits per heavy atom. The van der Waals surface area contributed by atoms with Gasteiger partial charge in [-0.05, 0) is 36.2 Å². The van der Waals surface area contributed by atoms with Gasteiger partial charge in [-0.3, -0.25) is 4.79 Å². The second kappa shape index (κ2) is 7.05. The zero-order valence-corrected chi connectivity index (χ0v) is 14.9. The van der Waals surface area contributed by atoms with E-state index in [1.807, 2.05) is 42.5 Å². The summed E-state index contributed by atoms with van der Waals surface area (Å²) in [5, 5.41) is 8.40. The normalized spacial score (nSPS) is 12.0. The third-order valence-corrected chi connectivity index (χ3v) is 4.74. The molecule has 1 amide bonds. The van der Waals surface area contributed by atoms with Crippen LogP contribution in [-0.2, 0) is 6.42 Å². The molecule has 0 fully saturated rings. The van der Waals surface area contributed by atoms with Gasteiger partial charge in [0, 0.05) is 22.8 Å². The maximum Gasteiger partial charge on any atom is 0.275 e. The van der Waals surface area contributed by atoms with Crippen molar-refractivity contribution in [2.45, 2.75) is 13.3 Å². The fraction of sp³-hybridized carbons (Fsp3) is 0.158. The Bertz CT molecular complexity index is 937. The van der Waals surface area contributed by atoms with E-state index in [1.165, 1.54) is 16.9 Å². The standard InChI is InChI=1S/C19H17N3O3S/c1-2-12-3-5-13(6-4-12)20-18(23)15-10-26-19(22-15)21-14-7-8-16-17(9-14)25-11-24-16/h3-10H,2,11H2,1H3,(H,20,23)(H,21,22). The minimum Gasteiger partial charge on any atom is -0.454 e. The first kappa shape index (κ1) is 16.4. The van der Waals surface area contributed by atoms with E-state index in [4.69, 9.17) is 9.47 Å². The van der Waals surface area contributed by atoms with Gasteiger partial charge < -0.3 is 20.1 Å². The minimum atomic E-state index is -0.232. The third kappa shape index (κ3) is 3.48. The van der Waals surface area contributed by atoms with Crippen LogP contribution in [-0.4, -0.2) is 17.7 Å². The number of aromatic nitrogens is 1. The lowest BCUT2D eigenvalue weighted by atomic mass is 10.1. The van der Waals surface area contributed by atoms with Crippen LogP contribution >= 0.6 is 11.3 Å². The summed E-state index contributed by atoms with van der Waals surface area (Å²) in [6.45, 7) is 2.33. The highest BCUT2D eigenvalue weighted by Crippen LogP contribution is 2.35. The Balaban J connectivity index is 1.42. The number of nitrogens with one attached hydrogen (secondary N) is 2. The van der Waals surface area contributed by atoms with Crippen LogP contribution in [0.15, 0.2) is 47.8 Å². The monoisotopic (exact) mass is 367 g/mol. The maximum atomic E-state index is 12.4. The van der Waals surface area contributed by atoms with Crippen molar-refractivity contribution in [2.24, 2.45) is 0 Å². The van der Waals surface area contributed by atoms with Crippen LogP contribution in [0.3, 0.4) is 0 Å². The predicted octanol–water partition coefficient (Wildman–Crippen LogP) is 4.43. The fourth-order valence-electron chi connectivity index (χ4n) is 2.55. The quantitative estimate of drug-likeness (QED) is 0.698. The Morgan fingerprint density at radius 3 is 2.69 bits per heavy atom. The van der Waals surface area contributed by atoms with Crippen molar-refractivity contribution >= 4 is 33.8 Å². The summed E-state index contributed by atoms with van der Waals surface area (Å²) < 4.78 is 10.7. The average molecular weight is 367 g/mol. The van der Waals surface area contributed by atoms with Gasteiger partial charge in [0.1, 0.15) is 5.69 Å². The van der Waals surface area contributed by atoms with Gasteiger partial charge in [-0.2, -0.15) is 0 Å². The lowest BCUT2D eigenvalue weighted by Crippen LogP contribution is -2.12. The van der Waals surface area contributed by atoms with Gasteiger partial charge in [0.05, 0.1) is 0 Å². The molecule has 2 aromatic carbocycles. The van der Waals surface area contributed by atoms with Crippen LogP contribution in [0.25, 0.3) is 0 Å². The number of aryl methyl sites for hydroxylation is 1. The highest BCUT2D eigenvalue weighted by Gasteiger charge is 2.15. The van der Waals surface area contributed by atoms with Crippen molar-refractivity contribution in [2.75, 3.05) is 17.4 Å². The summed E-state index contributed by atoms with van der Waals surface area (Å²) in [5.41, 5.74) is 3.18. The molecule has 6 nitrogen and oxygen atoms in total. The lowest BCUT2D eigenvalue weighted by Gasteiger charge is -2.05. The molecule has 2 N–H and O–H groups in total. The number of ether oxygens (including phenoxy) is 2. The molecule has 0 saturated carbocycles. The first-order chi connectivity index (χ1) is 12.7. The van der Waals surface area contributed by atoms with E-state index >= 15 is 0 Å². The van der Waals surface area contributed by atoms with Crippen LogP contribution in [0.4, 0.5) is 16.5 Å². The third-order valence-electron chi connectivity index (χ3n) is 3.98. The molecule has 26 heavy (non-hydrogen) atoms. The number of hydrogen-bond donors (Lipinski definition) is 2. The van der Waals surface area contributed by atoms with E-state index in [9.17, 15) is 4.79 Å². The van der Waals surface area contributed by atoms with Gasteiger partial charge in [0.2, 0.25) is 6.79 Å². The van der Waals surface area contributed by atoms with Crippen molar-refractivity contribution in [3.05, 3.63) is 59.1 Å². The van der Waals surface area contributed by atoms with Crippen molar-refractivity contribution in [3.8, 4) is 11.5 Å². The Morgan fingerprint density at radius 1 is 1.12 bits per heavy atom. The second-order valence-corrected chi connectivity index (χ2v) is 6.59.